The Morgan fingerprint density at radius 2 is 1.00 bits per heavy atom. The van der Waals surface area contributed by atoms with Crippen LogP contribution in [0.3, 0.4) is 0 Å². The summed E-state index contributed by atoms with van der Waals surface area (Å²) < 4.78 is 0. The lowest BCUT2D eigenvalue weighted by atomic mass is 9.63. The van der Waals surface area contributed by atoms with Gasteiger partial charge in [-0.3, -0.25) is 0 Å². The van der Waals surface area contributed by atoms with Crippen molar-refractivity contribution >= 4 is 71.4 Å². The lowest BCUT2D eigenvalue weighted by Crippen LogP contribution is -2.43. The summed E-state index contributed by atoms with van der Waals surface area (Å²) in [6.07, 6.45) is 7.76. The minimum Gasteiger partial charge on any atom is -0.367 e. The summed E-state index contributed by atoms with van der Waals surface area (Å²) in [6.45, 7) is 0. The van der Waals surface area contributed by atoms with Gasteiger partial charge < -0.3 is 10.2 Å². The van der Waals surface area contributed by atoms with E-state index >= 15 is 0 Å². The van der Waals surface area contributed by atoms with Crippen molar-refractivity contribution in [1.29, 1.82) is 0 Å². The Balaban J connectivity index is 1.18. The summed E-state index contributed by atoms with van der Waals surface area (Å²) >= 11 is 0. The normalized spacial score (nSPS) is 15.7. The molecule has 10 aromatic carbocycles. The lowest BCUT2D eigenvalue weighted by Gasteiger charge is -2.46. The zero-order chi connectivity index (χ0) is 41.0. The highest BCUT2D eigenvalue weighted by Gasteiger charge is 2.46. The first-order valence-electron chi connectivity index (χ1n) is 21.6. The molecule has 0 aliphatic heterocycles. The molecule has 1 unspecified atom stereocenters. The van der Waals surface area contributed by atoms with Crippen LogP contribution in [0.15, 0.2) is 248 Å². The van der Waals surface area contributed by atoms with Gasteiger partial charge in [0.05, 0.1) is 11.4 Å². The minimum atomic E-state index is -0.685. The number of benzene rings is 10. The maximum Gasteiger partial charge on any atom is 0.115 e. The van der Waals surface area contributed by atoms with Crippen LogP contribution in [0.2, 0.25) is 0 Å². The van der Waals surface area contributed by atoms with Crippen molar-refractivity contribution in [3.05, 3.63) is 270 Å². The summed E-state index contributed by atoms with van der Waals surface area (Å²) in [5.74, 6) is 0. The largest absolute Gasteiger partial charge is 0.367 e. The van der Waals surface area contributed by atoms with Crippen LogP contribution in [-0.4, -0.2) is 0 Å². The number of anilines is 4. The number of nitrogens with one attached hydrogen (secondary N) is 1. The lowest BCUT2D eigenvalue weighted by molar-refractivity contribution is 0.685. The molecule has 2 aliphatic carbocycles. The van der Waals surface area contributed by atoms with Gasteiger partial charge in [0.1, 0.15) is 5.54 Å². The predicted molar refractivity (Wildman–Crippen MR) is 263 cm³/mol. The highest BCUT2D eigenvalue weighted by Crippen LogP contribution is 2.57. The van der Waals surface area contributed by atoms with Crippen LogP contribution in [0.4, 0.5) is 22.7 Å². The molecule has 0 saturated heterocycles. The van der Waals surface area contributed by atoms with E-state index < -0.39 is 5.54 Å². The second-order valence-corrected chi connectivity index (χ2v) is 16.4. The summed E-state index contributed by atoms with van der Waals surface area (Å²) in [7, 11) is 0. The molecule has 12 rings (SSSR count). The van der Waals surface area contributed by atoms with Crippen molar-refractivity contribution < 1.29 is 0 Å². The fraction of sp³-hybridized carbons (Fsp3) is 0.0333. The quantitative estimate of drug-likeness (QED) is 0.162. The maximum atomic E-state index is 4.29. The van der Waals surface area contributed by atoms with Gasteiger partial charge in [-0.2, -0.15) is 0 Å². The topological polar surface area (TPSA) is 15.3 Å². The number of nitrogens with zero attached hydrogens (tertiary/aromatic N) is 1. The summed E-state index contributed by atoms with van der Waals surface area (Å²) in [5.41, 5.74) is 12.7. The molecule has 2 aliphatic rings. The standard InChI is InChI=1S/C60H42N2/c1-3-25-43(26-4-1)60(61-55-39-19-23-41-21-7-9-29-45(41)55)53-37-17-15-35-51(53)58(52-36-16-18-38-54(52)60)57-47-31-11-13-33-49(47)59(50-34-14-12-32-48(50)57)62(44-27-5-2-6-28-44)56-40-20-24-42-22-8-10-30-46(42)56/h1-35,37-40,61H,36H2. The molecule has 2 nitrogen and oxygen atoms in total. The zero-order valence-electron chi connectivity index (χ0n) is 34.2. The van der Waals surface area contributed by atoms with Crippen LogP contribution in [0.25, 0.3) is 48.7 Å². The molecule has 0 saturated carbocycles. The van der Waals surface area contributed by atoms with Gasteiger partial charge in [-0.05, 0) is 91.2 Å². The van der Waals surface area contributed by atoms with Crippen LogP contribution in [0.1, 0.15) is 28.7 Å². The monoisotopic (exact) mass is 790 g/mol. The fourth-order valence-corrected chi connectivity index (χ4v) is 10.5. The minimum absolute atomic E-state index is 0.685. The molecule has 0 radical (unpaired) electrons. The van der Waals surface area contributed by atoms with Gasteiger partial charge in [0.2, 0.25) is 0 Å². The van der Waals surface area contributed by atoms with Crippen LogP contribution in [-0.2, 0) is 5.54 Å². The predicted octanol–water partition coefficient (Wildman–Crippen LogP) is 15.8. The Hall–Kier alpha value is -7.94. The Morgan fingerprint density at radius 3 is 1.73 bits per heavy atom. The molecule has 1 atom stereocenters. The van der Waals surface area contributed by atoms with Crippen molar-refractivity contribution in [2.24, 2.45) is 0 Å². The van der Waals surface area contributed by atoms with E-state index in [4.69, 9.17) is 0 Å². The number of rotatable bonds is 7. The van der Waals surface area contributed by atoms with E-state index in [0.717, 1.165) is 23.5 Å². The highest BCUT2D eigenvalue weighted by molar-refractivity contribution is 6.22. The van der Waals surface area contributed by atoms with E-state index in [2.05, 4.69) is 247 Å². The van der Waals surface area contributed by atoms with E-state index in [0.29, 0.717) is 0 Å². The van der Waals surface area contributed by atoms with Gasteiger partial charge >= 0.3 is 0 Å². The Morgan fingerprint density at radius 1 is 0.452 bits per heavy atom. The number of para-hydroxylation sites is 1. The maximum absolute atomic E-state index is 4.29. The van der Waals surface area contributed by atoms with Gasteiger partial charge in [0.25, 0.3) is 0 Å². The van der Waals surface area contributed by atoms with E-state index in [1.807, 2.05) is 0 Å². The fourth-order valence-electron chi connectivity index (χ4n) is 10.5. The summed E-state index contributed by atoms with van der Waals surface area (Å²) in [5, 5.41) is 14.0. The SMILES string of the molecule is C1=CCC2=C(c3c4ccccc4c(N(c4ccccc4)c4cccc5ccccc45)c4ccccc34)c3ccccc3C(Nc3cccc4ccccc34)(c3ccccc3)C2=C1. The summed E-state index contributed by atoms with van der Waals surface area (Å²) in [6, 6.07) is 80.0. The van der Waals surface area contributed by atoms with Crippen LogP contribution < -0.4 is 10.2 Å². The summed E-state index contributed by atoms with van der Waals surface area (Å²) in [4.78, 5) is 2.49. The Kier molecular flexibility index (Phi) is 8.50. The third-order valence-electron chi connectivity index (χ3n) is 13.1. The first-order chi connectivity index (χ1) is 30.8. The van der Waals surface area contributed by atoms with Crippen molar-refractivity contribution in [2.75, 3.05) is 10.2 Å². The molecule has 0 fully saturated rings. The molecule has 1 N–H and O–H groups in total. The second kappa shape index (κ2) is 14.7. The second-order valence-electron chi connectivity index (χ2n) is 16.4. The van der Waals surface area contributed by atoms with Crippen molar-refractivity contribution in [3.8, 4) is 0 Å². The number of hydrogen-bond donors (Lipinski definition) is 1. The molecule has 0 aromatic heterocycles. The van der Waals surface area contributed by atoms with Gasteiger partial charge in [0, 0.05) is 32.9 Å². The average molecular weight is 791 g/mol. The first-order valence-corrected chi connectivity index (χ1v) is 21.6. The first kappa shape index (κ1) is 36.0. The van der Waals surface area contributed by atoms with Crippen LogP contribution in [0, 0.1) is 0 Å². The molecular formula is C60H42N2. The van der Waals surface area contributed by atoms with Gasteiger partial charge in [-0.15, -0.1) is 0 Å². The van der Waals surface area contributed by atoms with Gasteiger partial charge in [-0.1, -0.05) is 212 Å². The van der Waals surface area contributed by atoms with Gasteiger partial charge in [-0.25, -0.2) is 0 Å². The molecule has 0 heterocycles. The molecule has 0 spiro atoms. The molecular weight excluding hydrogens is 749 g/mol. The number of fused-ring (bicyclic) bond motifs is 6. The number of allylic oxidation sites excluding steroid dienone is 3. The molecule has 292 valence electrons. The van der Waals surface area contributed by atoms with E-state index in [-0.39, 0.29) is 0 Å². The zero-order valence-corrected chi connectivity index (χ0v) is 34.2. The van der Waals surface area contributed by atoms with E-state index in [9.17, 15) is 0 Å². The third kappa shape index (κ3) is 5.50. The molecule has 0 amide bonds. The molecule has 10 aromatic rings. The van der Waals surface area contributed by atoms with Crippen LogP contribution >= 0.6 is 0 Å². The van der Waals surface area contributed by atoms with E-state index in [1.54, 1.807) is 0 Å². The third-order valence-corrected chi connectivity index (χ3v) is 13.1. The number of hydrogen-bond acceptors (Lipinski definition) is 2. The van der Waals surface area contributed by atoms with E-state index in [1.165, 1.54) is 87.8 Å². The molecule has 2 heteroatoms. The Labute approximate surface area is 362 Å². The van der Waals surface area contributed by atoms with Crippen molar-refractivity contribution in [1.82, 2.24) is 0 Å². The average Bonchev–Trinajstić information content (AvgIpc) is 3.35. The van der Waals surface area contributed by atoms with Crippen molar-refractivity contribution in [3.63, 3.8) is 0 Å². The Bertz CT molecular complexity index is 3400. The smallest absolute Gasteiger partial charge is 0.115 e. The van der Waals surface area contributed by atoms with Crippen molar-refractivity contribution in [2.45, 2.75) is 12.0 Å². The van der Waals surface area contributed by atoms with Gasteiger partial charge in [0.15, 0.2) is 0 Å². The molecule has 0 bridgehead atoms. The van der Waals surface area contributed by atoms with Crippen LogP contribution in [0.5, 0.6) is 0 Å². The highest BCUT2D eigenvalue weighted by atomic mass is 15.1. The molecule has 62 heavy (non-hydrogen) atoms.